The molecule has 3 rings (SSSR count). The molecule has 0 radical (unpaired) electrons. The van der Waals surface area contributed by atoms with Crippen LogP contribution in [0.2, 0.25) is 5.02 Å². The average molecular weight is 371 g/mol. The first-order valence-corrected chi connectivity index (χ1v) is 7.15. The molecule has 108 valence electrons. The maximum Gasteiger partial charge on any atom is 0.142 e. The number of rotatable bonds is 2. The minimum Gasteiger partial charge on any atom is -0.496 e. The van der Waals surface area contributed by atoms with Crippen molar-refractivity contribution in [3.8, 4) is 17.1 Å². The molecule has 0 unspecified atom stereocenters. The number of methoxy groups -OCH3 is 1. The Labute approximate surface area is 133 Å². The van der Waals surface area contributed by atoms with E-state index >= 15 is 0 Å². The molecule has 1 heterocycles. The first-order chi connectivity index (χ1) is 9.99. The maximum atomic E-state index is 13.6. The number of imidazole rings is 1. The number of aromatic nitrogens is 2. The van der Waals surface area contributed by atoms with Crippen LogP contribution < -0.4 is 10.5 Å². The fraction of sp³-hybridized carbons (Fsp3) is 0.0714. The first kappa shape index (κ1) is 14.2. The summed E-state index contributed by atoms with van der Waals surface area (Å²) in [5.41, 5.74) is 8.05. The van der Waals surface area contributed by atoms with E-state index in [4.69, 9.17) is 22.1 Å². The van der Waals surface area contributed by atoms with Gasteiger partial charge in [0.05, 0.1) is 38.9 Å². The molecule has 3 aromatic rings. The van der Waals surface area contributed by atoms with Gasteiger partial charge in [0.2, 0.25) is 0 Å². The molecule has 0 atom stereocenters. The third kappa shape index (κ3) is 2.45. The summed E-state index contributed by atoms with van der Waals surface area (Å²) in [4.78, 5) is 7.48. The second kappa shape index (κ2) is 5.20. The van der Waals surface area contributed by atoms with Crippen molar-refractivity contribution in [1.29, 1.82) is 0 Å². The second-order valence-corrected chi connectivity index (χ2v) is 5.70. The van der Waals surface area contributed by atoms with Crippen molar-refractivity contribution in [2.24, 2.45) is 0 Å². The molecule has 0 spiro atoms. The second-order valence-electron chi connectivity index (χ2n) is 4.44. The fourth-order valence-corrected chi connectivity index (χ4v) is 2.55. The maximum absolute atomic E-state index is 13.6. The zero-order valence-electron chi connectivity index (χ0n) is 10.9. The Bertz CT molecular complexity index is 811. The lowest BCUT2D eigenvalue weighted by atomic mass is 10.1. The molecule has 0 fully saturated rings. The average Bonchev–Trinajstić information content (AvgIpc) is 2.84. The number of nitrogens with one attached hydrogen (secondary N) is 1. The zero-order valence-corrected chi connectivity index (χ0v) is 13.2. The highest BCUT2D eigenvalue weighted by Crippen LogP contribution is 2.36. The molecule has 1 aromatic heterocycles. The van der Waals surface area contributed by atoms with Crippen molar-refractivity contribution >= 4 is 44.3 Å². The van der Waals surface area contributed by atoms with Gasteiger partial charge in [-0.3, -0.25) is 0 Å². The van der Waals surface area contributed by atoms with Gasteiger partial charge < -0.3 is 15.5 Å². The highest BCUT2D eigenvalue weighted by atomic mass is 79.9. The van der Waals surface area contributed by atoms with Crippen LogP contribution in [-0.4, -0.2) is 17.1 Å². The molecule has 0 saturated carbocycles. The Morgan fingerprint density at radius 2 is 2.10 bits per heavy atom. The number of halogens is 3. The van der Waals surface area contributed by atoms with Crippen molar-refractivity contribution in [2.45, 2.75) is 0 Å². The number of nitrogen functional groups attached to an aromatic ring is 1. The standard InChI is InChI=1S/C14H10BrClFN3O/c1-21-13-5-10(18)8(16)2-6(13)14-19-11-3-7(15)9(17)4-12(11)20-14/h2-5H,18H2,1H3,(H,19,20). The van der Waals surface area contributed by atoms with Crippen LogP contribution in [0.5, 0.6) is 5.75 Å². The number of ether oxygens (including phenoxy) is 1. The summed E-state index contributed by atoms with van der Waals surface area (Å²) in [6.45, 7) is 0. The predicted molar refractivity (Wildman–Crippen MR) is 85.2 cm³/mol. The van der Waals surface area contributed by atoms with Crippen molar-refractivity contribution in [3.63, 3.8) is 0 Å². The monoisotopic (exact) mass is 369 g/mol. The summed E-state index contributed by atoms with van der Waals surface area (Å²) >= 11 is 9.19. The number of H-pyrrole nitrogens is 1. The van der Waals surface area contributed by atoms with Crippen LogP contribution in [0.1, 0.15) is 0 Å². The van der Waals surface area contributed by atoms with Crippen molar-refractivity contribution in [2.75, 3.05) is 12.8 Å². The lowest BCUT2D eigenvalue weighted by Crippen LogP contribution is -1.93. The Balaban J connectivity index is 2.23. The fourth-order valence-electron chi connectivity index (χ4n) is 2.06. The molecule has 0 aliphatic carbocycles. The summed E-state index contributed by atoms with van der Waals surface area (Å²) in [6.07, 6.45) is 0. The Hall–Kier alpha value is -1.79. The summed E-state index contributed by atoms with van der Waals surface area (Å²) in [6, 6.07) is 6.28. The van der Waals surface area contributed by atoms with Gasteiger partial charge in [-0.15, -0.1) is 0 Å². The molecular weight excluding hydrogens is 361 g/mol. The van der Waals surface area contributed by atoms with E-state index in [1.165, 1.54) is 13.2 Å². The van der Waals surface area contributed by atoms with Gasteiger partial charge in [0.25, 0.3) is 0 Å². The summed E-state index contributed by atoms with van der Waals surface area (Å²) in [5, 5.41) is 0.401. The van der Waals surface area contributed by atoms with Crippen LogP contribution in [0.25, 0.3) is 22.4 Å². The first-order valence-electron chi connectivity index (χ1n) is 5.97. The van der Waals surface area contributed by atoms with Gasteiger partial charge in [0.15, 0.2) is 0 Å². The van der Waals surface area contributed by atoms with E-state index < -0.39 is 0 Å². The van der Waals surface area contributed by atoms with E-state index in [1.54, 1.807) is 18.2 Å². The van der Waals surface area contributed by atoms with E-state index in [0.717, 1.165) is 0 Å². The lowest BCUT2D eigenvalue weighted by molar-refractivity contribution is 0.416. The van der Waals surface area contributed by atoms with Gasteiger partial charge in [0, 0.05) is 12.1 Å². The van der Waals surface area contributed by atoms with E-state index in [2.05, 4.69) is 25.9 Å². The molecule has 0 saturated heterocycles. The lowest BCUT2D eigenvalue weighted by Gasteiger charge is -2.08. The number of benzene rings is 2. The summed E-state index contributed by atoms with van der Waals surface area (Å²) in [5.74, 6) is 0.705. The van der Waals surface area contributed by atoms with Crippen molar-refractivity contribution < 1.29 is 9.13 Å². The normalized spacial score (nSPS) is 11.0. The smallest absolute Gasteiger partial charge is 0.142 e. The van der Waals surface area contributed by atoms with Gasteiger partial charge in [0.1, 0.15) is 17.4 Å². The Morgan fingerprint density at radius 1 is 1.33 bits per heavy atom. The van der Waals surface area contributed by atoms with E-state index in [-0.39, 0.29) is 5.82 Å². The van der Waals surface area contributed by atoms with Gasteiger partial charge in [-0.2, -0.15) is 0 Å². The number of nitrogens with zero attached hydrogens (tertiary/aromatic N) is 1. The third-order valence-corrected chi connectivity index (χ3v) is 4.03. The topological polar surface area (TPSA) is 63.9 Å². The molecule has 7 heteroatoms. The van der Waals surface area contributed by atoms with Gasteiger partial charge in [-0.1, -0.05) is 11.6 Å². The van der Waals surface area contributed by atoms with Crippen LogP contribution in [0.3, 0.4) is 0 Å². The van der Waals surface area contributed by atoms with Crippen molar-refractivity contribution in [3.05, 3.63) is 39.6 Å². The van der Waals surface area contributed by atoms with Crippen molar-refractivity contribution in [1.82, 2.24) is 9.97 Å². The van der Waals surface area contributed by atoms with E-state index in [9.17, 15) is 4.39 Å². The van der Waals surface area contributed by atoms with E-state index in [0.29, 0.717) is 43.4 Å². The molecule has 0 amide bonds. The molecule has 0 bridgehead atoms. The Kier molecular flexibility index (Phi) is 3.51. The van der Waals surface area contributed by atoms with Crippen LogP contribution in [0.4, 0.5) is 10.1 Å². The molecule has 2 aromatic carbocycles. The summed E-state index contributed by atoms with van der Waals surface area (Å²) < 4.78 is 19.2. The highest BCUT2D eigenvalue weighted by Gasteiger charge is 2.14. The SMILES string of the molecule is COc1cc(N)c(Cl)cc1-c1nc2cc(Br)c(F)cc2[nH]1. The molecule has 4 nitrogen and oxygen atoms in total. The number of nitrogens with two attached hydrogens (primary N) is 1. The minimum absolute atomic E-state index is 0.357. The number of anilines is 1. The third-order valence-electron chi connectivity index (χ3n) is 3.10. The van der Waals surface area contributed by atoms with Crippen LogP contribution in [0, 0.1) is 5.82 Å². The van der Waals surface area contributed by atoms with Crippen LogP contribution in [-0.2, 0) is 0 Å². The van der Waals surface area contributed by atoms with Gasteiger partial charge in [-0.25, -0.2) is 9.37 Å². The molecule has 0 aliphatic heterocycles. The van der Waals surface area contributed by atoms with E-state index in [1.807, 2.05) is 0 Å². The number of hydrogen-bond donors (Lipinski definition) is 2. The molecule has 3 N–H and O–H groups in total. The van der Waals surface area contributed by atoms with Gasteiger partial charge >= 0.3 is 0 Å². The van der Waals surface area contributed by atoms with Crippen LogP contribution in [0.15, 0.2) is 28.7 Å². The highest BCUT2D eigenvalue weighted by molar-refractivity contribution is 9.10. The molecule has 0 aliphatic rings. The minimum atomic E-state index is -0.361. The number of fused-ring (bicyclic) bond motifs is 1. The zero-order chi connectivity index (χ0) is 15.1. The molecule has 21 heavy (non-hydrogen) atoms. The van der Waals surface area contributed by atoms with Gasteiger partial charge in [-0.05, 0) is 28.1 Å². The number of hydrogen-bond acceptors (Lipinski definition) is 3. The molecular formula is C14H10BrClFN3O. The quantitative estimate of drug-likeness (QED) is 0.658. The largest absolute Gasteiger partial charge is 0.496 e. The van der Waals surface area contributed by atoms with Crippen LogP contribution >= 0.6 is 27.5 Å². The Morgan fingerprint density at radius 3 is 2.81 bits per heavy atom. The predicted octanol–water partition coefficient (Wildman–Crippen LogP) is 4.38. The summed E-state index contributed by atoms with van der Waals surface area (Å²) in [7, 11) is 1.53. The number of aromatic amines is 1.